The van der Waals surface area contributed by atoms with E-state index in [1.54, 1.807) is 12.1 Å². The zero-order valence-electron chi connectivity index (χ0n) is 10.0. The molecule has 6 heteroatoms. The number of nitrogens with one attached hydrogen (secondary N) is 2. The molecule has 0 aliphatic carbocycles. The summed E-state index contributed by atoms with van der Waals surface area (Å²) in [6.45, 7) is 1.49. The second-order valence-corrected chi connectivity index (χ2v) is 6.51. The highest BCUT2D eigenvalue weighted by Gasteiger charge is 2.26. The lowest BCUT2D eigenvalue weighted by atomic mass is 10.2. The Morgan fingerprint density at radius 1 is 1.44 bits per heavy atom. The molecule has 0 radical (unpaired) electrons. The van der Waals surface area contributed by atoms with Crippen molar-refractivity contribution in [2.45, 2.75) is 24.6 Å². The summed E-state index contributed by atoms with van der Waals surface area (Å²) in [6, 6.07) is 5.94. The van der Waals surface area contributed by atoms with Crippen LogP contribution in [0.1, 0.15) is 18.4 Å². The summed E-state index contributed by atoms with van der Waals surface area (Å²) < 4.78 is 39.5. The Kier molecular flexibility index (Phi) is 4.31. The highest BCUT2D eigenvalue weighted by atomic mass is 32.2. The summed E-state index contributed by atoms with van der Waals surface area (Å²) in [6.07, 6.45) is 1.54. The average molecular weight is 272 g/mol. The fraction of sp³-hybridized carbons (Fsp3) is 0.500. The van der Waals surface area contributed by atoms with Gasteiger partial charge in [0.05, 0.1) is 5.25 Å². The van der Waals surface area contributed by atoms with Gasteiger partial charge in [0.15, 0.2) is 0 Å². The minimum atomic E-state index is -3.33. The third-order valence-electron chi connectivity index (χ3n) is 3.06. The van der Waals surface area contributed by atoms with Gasteiger partial charge in [0, 0.05) is 13.1 Å². The van der Waals surface area contributed by atoms with Crippen molar-refractivity contribution in [2.75, 3.05) is 13.1 Å². The molecule has 1 aliphatic heterocycles. The molecule has 0 amide bonds. The van der Waals surface area contributed by atoms with Crippen LogP contribution in [-0.4, -0.2) is 26.8 Å². The van der Waals surface area contributed by atoms with Gasteiger partial charge in [-0.2, -0.15) is 0 Å². The molecule has 1 heterocycles. The molecule has 1 atom stereocenters. The maximum absolute atomic E-state index is 13.0. The molecule has 1 aliphatic rings. The maximum atomic E-state index is 13.0. The van der Waals surface area contributed by atoms with E-state index in [1.807, 2.05) is 0 Å². The fourth-order valence-electron chi connectivity index (χ4n) is 2.03. The molecule has 1 aromatic rings. The number of piperidine rings is 1. The van der Waals surface area contributed by atoms with Gasteiger partial charge in [-0.05, 0) is 37.1 Å². The van der Waals surface area contributed by atoms with Gasteiger partial charge in [0.1, 0.15) is 5.82 Å². The molecule has 1 unspecified atom stereocenters. The number of sulfonamides is 1. The van der Waals surface area contributed by atoms with Crippen molar-refractivity contribution in [2.24, 2.45) is 0 Å². The summed E-state index contributed by atoms with van der Waals surface area (Å²) in [5, 5.41) is 2.68. The quantitative estimate of drug-likeness (QED) is 0.859. The molecule has 18 heavy (non-hydrogen) atoms. The number of benzene rings is 1. The van der Waals surface area contributed by atoms with E-state index < -0.39 is 10.0 Å². The number of halogens is 1. The number of rotatable bonds is 4. The van der Waals surface area contributed by atoms with Crippen LogP contribution < -0.4 is 10.0 Å². The smallest absolute Gasteiger partial charge is 0.216 e. The summed E-state index contributed by atoms with van der Waals surface area (Å²) >= 11 is 0. The molecule has 100 valence electrons. The molecular formula is C12H17FN2O2S. The first-order valence-electron chi connectivity index (χ1n) is 6.01. The van der Waals surface area contributed by atoms with Crippen molar-refractivity contribution in [1.82, 2.24) is 10.0 Å². The van der Waals surface area contributed by atoms with Gasteiger partial charge < -0.3 is 5.32 Å². The summed E-state index contributed by atoms with van der Waals surface area (Å²) in [7, 11) is -3.33. The van der Waals surface area contributed by atoms with Crippen LogP contribution in [0.2, 0.25) is 0 Å². The predicted octanol–water partition coefficient (Wildman–Crippen LogP) is 0.997. The fourth-order valence-corrected chi connectivity index (χ4v) is 3.45. The molecule has 2 rings (SSSR count). The largest absolute Gasteiger partial charge is 0.315 e. The summed E-state index contributed by atoms with van der Waals surface area (Å²) in [4.78, 5) is 0. The van der Waals surface area contributed by atoms with Crippen molar-refractivity contribution in [1.29, 1.82) is 0 Å². The molecule has 2 N–H and O–H groups in total. The average Bonchev–Trinajstić information content (AvgIpc) is 2.38. The Labute approximate surface area is 107 Å². The zero-order valence-corrected chi connectivity index (χ0v) is 10.8. The Balaban J connectivity index is 1.96. The topological polar surface area (TPSA) is 58.2 Å². The molecule has 0 spiro atoms. The van der Waals surface area contributed by atoms with Gasteiger partial charge in [-0.15, -0.1) is 0 Å². The summed E-state index contributed by atoms with van der Waals surface area (Å²) in [5.41, 5.74) is 0.627. The third-order valence-corrected chi connectivity index (χ3v) is 4.88. The van der Waals surface area contributed by atoms with Crippen LogP contribution in [0.5, 0.6) is 0 Å². The van der Waals surface area contributed by atoms with Crippen LogP contribution in [0.15, 0.2) is 24.3 Å². The maximum Gasteiger partial charge on any atom is 0.216 e. The first-order valence-corrected chi connectivity index (χ1v) is 7.56. The minimum Gasteiger partial charge on any atom is -0.315 e. The van der Waals surface area contributed by atoms with Gasteiger partial charge in [-0.25, -0.2) is 17.5 Å². The van der Waals surface area contributed by atoms with Crippen molar-refractivity contribution >= 4 is 10.0 Å². The Bertz CT molecular complexity index is 499. The van der Waals surface area contributed by atoms with Crippen LogP contribution in [0, 0.1) is 5.82 Å². The van der Waals surface area contributed by atoms with Gasteiger partial charge in [-0.1, -0.05) is 12.1 Å². The van der Waals surface area contributed by atoms with Crippen LogP contribution in [0.4, 0.5) is 4.39 Å². The second kappa shape index (κ2) is 5.77. The highest BCUT2D eigenvalue weighted by molar-refractivity contribution is 7.90. The van der Waals surface area contributed by atoms with E-state index >= 15 is 0 Å². The van der Waals surface area contributed by atoms with Crippen LogP contribution in [0.25, 0.3) is 0 Å². The Morgan fingerprint density at radius 2 is 2.28 bits per heavy atom. The molecule has 0 aromatic heterocycles. The standard InChI is InChI=1S/C12H17FN2O2S/c13-11-4-1-3-10(7-11)8-15-18(16,17)12-5-2-6-14-9-12/h1,3-4,7,12,14-15H,2,5-6,8-9H2. The van der Waals surface area contributed by atoms with Crippen molar-refractivity contribution in [3.05, 3.63) is 35.6 Å². The van der Waals surface area contributed by atoms with Gasteiger partial charge in [0.2, 0.25) is 10.0 Å². The lowest BCUT2D eigenvalue weighted by Crippen LogP contribution is -2.44. The van der Waals surface area contributed by atoms with E-state index in [2.05, 4.69) is 10.0 Å². The van der Waals surface area contributed by atoms with E-state index in [0.717, 1.165) is 13.0 Å². The first-order chi connectivity index (χ1) is 8.58. The third kappa shape index (κ3) is 3.51. The van der Waals surface area contributed by atoms with E-state index in [4.69, 9.17) is 0 Å². The molecular weight excluding hydrogens is 255 g/mol. The molecule has 1 aromatic carbocycles. The van der Waals surface area contributed by atoms with Crippen LogP contribution in [-0.2, 0) is 16.6 Å². The van der Waals surface area contributed by atoms with Crippen molar-refractivity contribution < 1.29 is 12.8 Å². The van der Waals surface area contributed by atoms with E-state index in [-0.39, 0.29) is 17.6 Å². The predicted molar refractivity (Wildman–Crippen MR) is 68.1 cm³/mol. The Hall–Kier alpha value is -0.980. The monoisotopic (exact) mass is 272 g/mol. The lowest BCUT2D eigenvalue weighted by molar-refractivity contribution is 0.490. The van der Waals surface area contributed by atoms with Gasteiger partial charge in [-0.3, -0.25) is 0 Å². The van der Waals surface area contributed by atoms with Crippen LogP contribution >= 0.6 is 0 Å². The highest BCUT2D eigenvalue weighted by Crippen LogP contribution is 2.11. The molecule has 0 saturated carbocycles. The lowest BCUT2D eigenvalue weighted by Gasteiger charge is -2.23. The number of hydrogen-bond donors (Lipinski definition) is 2. The van der Waals surface area contributed by atoms with E-state index in [0.29, 0.717) is 18.5 Å². The van der Waals surface area contributed by atoms with E-state index in [1.165, 1.54) is 12.1 Å². The summed E-state index contributed by atoms with van der Waals surface area (Å²) in [5.74, 6) is -0.356. The van der Waals surface area contributed by atoms with E-state index in [9.17, 15) is 12.8 Å². The van der Waals surface area contributed by atoms with Gasteiger partial charge in [0.25, 0.3) is 0 Å². The normalized spacial score (nSPS) is 20.8. The molecule has 1 fully saturated rings. The second-order valence-electron chi connectivity index (χ2n) is 4.46. The van der Waals surface area contributed by atoms with Crippen LogP contribution in [0.3, 0.4) is 0 Å². The first kappa shape index (κ1) is 13.5. The van der Waals surface area contributed by atoms with Gasteiger partial charge >= 0.3 is 0 Å². The number of hydrogen-bond acceptors (Lipinski definition) is 3. The SMILES string of the molecule is O=S(=O)(NCc1cccc(F)c1)C1CCCNC1. The van der Waals surface area contributed by atoms with Crippen molar-refractivity contribution in [3.63, 3.8) is 0 Å². The molecule has 1 saturated heterocycles. The zero-order chi connectivity index (χ0) is 13.0. The minimum absolute atomic E-state index is 0.136. The van der Waals surface area contributed by atoms with Crippen molar-refractivity contribution in [3.8, 4) is 0 Å². The Morgan fingerprint density at radius 3 is 2.94 bits per heavy atom. The molecule has 4 nitrogen and oxygen atoms in total. The molecule has 0 bridgehead atoms.